The van der Waals surface area contributed by atoms with Crippen LogP contribution in [0.4, 0.5) is 5.69 Å². The fourth-order valence-corrected chi connectivity index (χ4v) is 2.66. The van der Waals surface area contributed by atoms with E-state index in [2.05, 4.69) is 15.3 Å². The molecule has 1 aromatic rings. The summed E-state index contributed by atoms with van der Waals surface area (Å²) >= 11 is 0. The Hall–Kier alpha value is -2.86. The highest BCUT2D eigenvalue weighted by Gasteiger charge is 2.38. The van der Waals surface area contributed by atoms with E-state index in [0.29, 0.717) is 24.2 Å². The van der Waals surface area contributed by atoms with E-state index in [9.17, 15) is 14.4 Å². The van der Waals surface area contributed by atoms with Crippen molar-refractivity contribution in [3.05, 3.63) is 39.8 Å². The quantitative estimate of drug-likeness (QED) is 0.383. The van der Waals surface area contributed by atoms with Crippen molar-refractivity contribution >= 4 is 23.4 Å². The number of hydrogen-bond donors (Lipinski definition) is 1. The van der Waals surface area contributed by atoms with Crippen LogP contribution in [0.3, 0.4) is 0 Å². The molecule has 8 nitrogen and oxygen atoms in total. The number of piperidine rings is 1. The second-order valence-corrected chi connectivity index (χ2v) is 4.93. The molecule has 0 radical (unpaired) electrons. The first-order valence-corrected chi connectivity index (χ1v) is 6.43. The van der Waals surface area contributed by atoms with E-state index >= 15 is 0 Å². The molecule has 2 aliphatic rings. The Labute approximate surface area is 119 Å². The zero-order chi connectivity index (χ0) is 15.0. The van der Waals surface area contributed by atoms with Gasteiger partial charge in [-0.25, -0.2) is 0 Å². The molecule has 21 heavy (non-hydrogen) atoms. The Morgan fingerprint density at radius 1 is 1.33 bits per heavy atom. The number of benzene rings is 1. The summed E-state index contributed by atoms with van der Waals surface area (Å²) < 4.78 is 0. The average molecular weight is 285 g/mol. The number of nitrogens with zero attached hydrogens (tertiary/aromatic N) is 4. The van der Waals surface area contributed by atoms with Gasteiger partial charge in [0.25, 0.3) is 5.91 Å². The molecular weight excluding hydrogens is 274 g/mol. The van der Waals surface area contributed by atoms with Crippen LogP contribution < -0.4 is 5.32 Å². The third kappa shape index (κ3) is 2.21. The molecule has 2 heterocycles. The molecule has 1 saturated heterocycles. The smallest absolute Gasteiger partial charge is 0.255 e. The molecule has 8 heteroatoms. The monoisotopic (exact) mass is 285 g/mol. The van der Waals surface area contributed by atoms with Crippen molar-refractivity contribution in [2.45, 2.75) is 25.4 Å². The Kier molecular flexibility index (Phi) is 3.08. The van der Waals surface area contributed by atoms with Crippen molar-refractivity contribution in [3.63, 3.8) is 0 Å². The number of amides is 3. The molecule has 106 valence electrons. The number of hydrogen-bond acceptors (Lipinski definition) is 4. The molecule has 0 bridgehead atoms. The van der Waals surface area contributed by atoms with Crippen LogP contribution in [0.5, 0.6) is 0 Å². The molecular formula is C13H11N5O3. The SMILES string of the molecule is [N-]=[N+]=Nc1ccc2c(c1)C(=O)N(C1CCC(=O)NC1=O)C2. The number of fused-ring (bicyclic) bond motifs is 1. The summed E-state index contributed by atoms with van der Waals surface area (Å²) in [6.45, 7) is 0.316. The molecule has 1 unspecified atom stereocenters. The number of carbonyl (C=O) groups excluding carboxylic acids is 3. The van der Waals surface area contributed by atoms with Gasteiger partial charge in [0.05, 0.1) is 0 Å². The zero-order valence-corrected chi connectivity index (χ0v) is 10.9. The standard InChI is InChI=1S/C13H11N5O3/c14-17-16-8-2-1-7-6-18(13(21)9(7)5-8)10-3-4-11(19)15-12(10)20/h1-2,5,10H,3-4,6H2,(H,15,19,20). The molecule has 0 saturated carbocycles. The summed E-state index contributed by atoms with van der Waals surface area (Å²) in [6, 6.07) is 4.22. The molecule has 1 fully saturated rings. The molecule has 0 aromatic heterocycles. The first-order valence-electron chi connectivity index (χ1n) is 6.43. The summed E-state index contributed by atoms with van der Waals surface area (Å²) in [7, 11) is 0. The van der Waals surface area contributed by atoms with Crippen LogP contribution in [0.25, 0.3) is 10.4 Å². The van der Waals surface area contributed by atoms with Crippen LogP contribution in [0.15, 0.2) is 23.3 Å². The van der Waals surface area contributed by atoms with Crippen molar-refractivity contribution in [1.29, 1.82) is 0 Å². The highest BCUT2D eigenvalue weighted by atomic mass is 16.2. The third-order valence-electron chi connectivity index (χ3n) is 3.67. The lowest BCUT2D eigenvalue weighted by molar-refractivity contribution is -0.136. The molecule has 1 atom stereocenters. The second-order valence-electron chi connectivity index (χ2n) is 4.93. The molecule has 0 aliphatic carbocycles. The number of rotatable bonds is 2. The minimum atomic E-state index is -0.634. The lowest BCUT2D eigenvalue weighted by atomic mass is 10.0. The van der Waals surface area contributed by atoms with E-state index in [-0.39, 0.29) is 18.2 Å². The van der Waals surface area contributed by atoms with Crippen LogP contribution in [0, 0.1) is 0 Å². The van der Waals surface area contributed by atoms with E-state index in [1.165, 1.54) is 11.0 Å². The van der Waals surface area contributed by atoms with Gasteiger partial charge in [-0.1, -0.05) is 17.2 Å². The number of nitrogens with one attached hydrogen (secondary N) is 1. The molecule has 1 N–H and O–H groups in total. The first kappa shape index (κ1) is 13.1. The Morgan fingerprint density at radius 3 is 2.86 bits per heavy atom. The lowest BCUT2D eigenvalue weighted by Crippen LogP contribution is -2.52. The van der Waals surface area contributed by atoms with Gasteiger partial charge in [-0.2, -0.15) is 0 Å². The fourth-order valence-electron chi connectivity index (χ4n) is 2.66. The van der Waals surface area contributed by atoms with Gasteiger partial charge in [0.1, 0.15) is 6.04 Å². The van der Waals surface area contributed by atoms with Gasteiger partial charge >= 0.3 is 0 Å². The van der Waals surface area contributed by atoms with Gasteiger partial charge < -0.3 is 4.90 Å². The zero-order valence-electron chi connectivity index (χ0n) is 10.9. The Bertz CT molecular complexity index is 708. The van der Waals surface area contributed by atoms with Crippen molar-refractivity contribution in [2.75, 3.05) is 0 Å². The van der Waals surface area contributed by atoms with E-state index < -0.39 is 11.9 Å². The summed E-state index contributed by atoms with van der Waals surface area (Å²) in [6.07, 6.45) is 0.550. The van der Waals surface area contributed by atoms with E-state index in [4.69, 9.17) is 5.53 Å². The highest BCUT2D eigenvalue weighted by molar-refractivity contribution is 6.05. The lowest BCUT2D eigenvalue weighted by Gasteiger charge is -2.29. The average Bonchev–Trinajstić information content (AvgIpc) is 2.77. The summed E-state index contributed by atoms with van der Waals surface area (Å²) in [5.74, 6) is -1.04. The van der Waals surface area contributed by atoms with Crippen molar-refractivity contribution in [3.8, 4) is 0 Å². The Balaban J connectivity index is 1.88. The number of imide groups is 1. The van der Waals surface area contributed by atoms with Crippen LogP contribution in [-0.4, -0.2) is 28.7 Å². The van der Waals surface area contributed by atoms with Crippen LogP contribution in [0.2, 0.25) is 0 Å². The van der Waals surface area contributed by atoms with Gasteiger partial charge in [0.15, 0.2) is 0 Å². The maximum absolute atomic E-state index is 12.4. The molecule has 0 spiro atoms. The normalized spacial score (nSPS) is 20.9. The summed E-state index contributed by atoms with van der Waals surface area (Å²) in [5, 5.41) is 5.71. The minimum Gasteiger partial charge on any atom is -0.322 e. The summed E-state index contributed by atoms with van der Waals surface area (Å²) in [5.41, 5.74) is 10.00. The number of azide groups is 1. The number of carbonyl (C=O) groups is 3. The summed E-state index contributed by atoms with van der Waals surface area (Å²) in [4.78, 5) is 39.6. The van der Waals surface area contributed by atoms with Crippen molar-refractivity contribution < 1.29 is 14.4 Å². The molecule has 2 aliphatic heterocycles. The topological polar surface area (TPSA) is 115 Å². The van der Waals surface area contributed by atoms with Gasteiger partial charge in [-0.15, -0.1) is 0 Å². The molecule has 3 rings (SSSR count). The third-order valence-corrected chi connectivity index (χ3v) is 3.67. The fraction of sp³-hybridized carbons (Fsp3) is 0.308. The predicted octanol–water partition coefficient (Wildman–Crippen LogP) is 1.39. The predicted molar refractivity (Wildman–Crippen MR) is 71.3 cm³/mol. The van der Waals surface area contributed by atoms with Gasteiger partial charge in [-0.3, -0.25) is 19.7 Å². The van der Waals surface area contributed by atoms with Crippen LogP contribution in [0.1, 0.15) is 28.8 Å². The first-order chi connectivity index (χ1) is 10.1. The van der Waals surface area contributed by atoms with Gasteiger partial charge in [-0.05, 0) is 23.6 Å². The molecule has 3 amide bonds. The second kappa shape index (κ2) is 4.92. The minimum absolute atomic E-state index is 0.223. The maximum Gasteiger partial charge on any atom is 0.255 e. The van der Waals surface area contributed by atoms with Crippen LogP contribution >= 0.6 is 0 Å². The van der Waals surface area contributed by atoms with E-state index in [0.717, 1.165) is 5.56 Å². The van der Waals surface area contributed by atoms with Crippen LogP contribution in [-0.2, 0) is 16.1 Å². The highest BCUT2D eigenvalue weighted by Crippen LogP contribution is 2.30. The van der Waals surface area contributed by atoms with Gasteiger partial charge in [0.2, 0.25) is 11.8 Å². The van der Waals surface area contributed by atoms with E-state index in [1.54, 1.807) is 12.1 Å². The maximum atomic E-state index is 12.4. The van der Waals surface area contributed by atoms with Gasteiger partial charge in [0, 0.05) is 29.1 Å². The molecule has 1 aromatic carbocycles. The Morgan fingerprint density at radius 2 is 2.14 bits per heavy atom. The van der Waals surface area contributed by atoms with E-state index in [1.807, 2.05) is 0 Å². The largest absolute Gasteiger partial charge is 0.322 e. The van der Waals surface area contributed by atoms with Crippen molar-refractivity contribution in [1.82, 2.24) is 10.2 Å². The van der Waals surface area contributed by atoms with Crippen molar-refractivity contribution in [2.24, 2.45) is 5.11 Å².